The fourth-order valence-electron chi connectivity index (χ4n) is 2.42. The Bertz CT molecular complexity index is 802. The third-order valence-corrected chi connectivity index (χ3v) is 3.88. The van der Waals surface area contributed by atoms with E-state index in [2.05, 4.69) is 0 Å². The molecule has 0 heterocycles. The summed E-state index contributed by atoms with van der Waals surface area (Å²) in [6.07, 6.45) is -5.87. The lowest BCUT2D eigenvalue weighted by molar-refractivity contribution is -0.174. The second kappa shape index (κ2) is 8.11. The number of benzene rings is 2. The third-order valence-electron chi connectivity index (χ3n) is 3.88. The predicted octanol–water partition coefficient (Wildman–Crippen LogP) is 3.28. The molecular formula is C19H19F3N2O3. The molecule has 0 saturated heterocycles. The van der Waals surface area contributed by atoms with Crippen LogP contribution in [0.1, 0.15) is 34.5 Å². The van der Waals surface area contributed by atoms with Crippen LogP contribution in [0.3, 0.4) is 0 Å². The zero-order chi connectivity index (χ0) is 20.2. The number of nitrogens with two attached hydrogens (primary N) is 1. The first-order valence-electron chi connectivity index (χ1n) is 8.08. The molecule has 0 spiro atoms. The number of nitrogens with one attached hydrogen (secondary N) is 1. The van der Waals surface area contributed by atoms with E-state index in [1.807, 2.05) is 12.2 Å². The molecule has 0 bridgehead atoms. The average Bonchev–Trinajstić information content (AvgIpc) is 2.60. The SMILES string of the molecule is Cc1ccc([C@@H](Oc2ccc(C(N)=O)cc2)C(C)NC(=O)C(F)(F)F)cc1. The maximum atomic E-state index is 12.6. The summed E-state index contributed by atoms with van der Waals surface area (Å²) in [5.41, 5.74) is 7.01. The lowest BCUT2D eigenvalue weighted by Gasteiger charge is -2.27. The van der Waals surface area contributed by atoms with Gasteiger partial charge < -0.3 is 15.8 Å². The summed E-state index contributed by atoms with van der Waals surface area (Å²) in [5, 5.41) is 1.92. The summed E-state index contributed by atoms with van der Waals surface area (Å²) < 4.78 is 43.6. The molecule has 8 heteroatoms. The van der Waals surface area contributed by atoms with E-state index >= 15 is 0 Å². The van der Waals surface area contributed by atoms with Gasteiger partial charge in [-0.15, -0.1) is 0 Å². The molecule has 2 atom stereocenters. The molecular weight excluding hydrogens is 361 g/mol. The smallest absolute Gasteiger partial charge is 0.471 e. The van der Waals surface area contributed by atoms with Crippen molar-refractivity contribution in [2.45, 2.75) is 32.2 Å². The zero-order valence-electron chi connectivity index (χ0n) is 14.7. The molecule has 27 heavy (non-hydrogen) atoms. The number of alkyl halides is 3. The molecule has 2 amide bonds. The highest BCUT2D eigenvalue weighted by molar-refractivity contribution is 5.92. The van der Waals surface area contributed by atoms with E-state index in [4.69, 9.17) is 10.5 Å². The quantitative estimate of drug-likeness (QED) is 0.807. The number of rotatable bonds is 6. The number of carbonyl (C=O) groups excluding carboxylic acids is 2. The number of amides is 2. The van der Waals surface area contributed by atoms with Crippen LogP contribution in [-0.4, -0.2) is 24.0 Å². The van der Waals surface area contributed by atoms with Crippen molar-refractivity contribution >= 4 is 11.8 Å². The van der Waals surface area contributed by atoms with Gasteiger partial charge in [-0.1, -0.05) is 29.8 Å². The highest BCUT2D eigenvalue weighted by Gasteiger charge is 2.40. The van der Waals surface area contributed by atoms with Gasteiger partial charge in [-0.05, 0) is 43.7 Å². The van der Waals surface area contributed by atoms with Crippen LogP contribution in [0.15, 0.2) is 48.5 Å². The number of carbonyl (C=O) groups is 2. The zero-order valence-corrected chi connectivity index (χ0v) is 14.7. The van der Waals surface area contributed by atoms with Gasteiger partial charge in [0.2, 0.25) is 5.91 Å². The standard InChI is InChI=1S/C19H19F3N2O3/c1-11-3-5-13(6-4-11)16(12(2)24-18(26)19(20,21)22)27-15-9-7-14(8-10-15)17(23)25/h3-10,12,16H,1-2H3,(H2,23,25)(H,24,26)/t12?,16-/m0/s1. The Labute approximate surface area is 154 Å². The topological polar surface area (TPSA) is 81.4 Å². The molecule has 0 aliphatic rings. The minimum absolute atomic E-state index is 0.271. The van der Waals surface area contributed by atoms with Crippen molar-refractivity contribution in [1.29, 1.82) is 0 Å². The Hall–Kier alpha value is -3.03. The van der Waals surface area contributed by atoms with Crippen LogP contribution in [0, 0.1) is 6.92 Å². The third kappa shape index (κ3) is 5.47. The molecule has 0 radical (unpaired) electrons. The van der Waals surface area contributed by atoms with Gasteiger partial charge in [0, 0.05) is 5.56 Å². The summed E-state index contributed by atoms with van der Waals surface area (Å²) in [4.78, 5) is 22.4. The normalized spacial score (nSPS) is 13.5. The van der Waals surface area contributed by atoms with Crippen molar-refractivity contribution in [3.8, 4) is 5.75 Å². The monoisotopic (exact) mass is 380 g/mol. The van der Waals surface area contributed by atoms with Crippen LogP contribution in [0.2, 0.25) is 0 Å². The van der Waals surface area contributed by atoms with Crippen molar-refractivity contribution in [3.05, 3.63) is 65.2 Å². The lowest BCUT2D eigenvalue weighted by atomic mass is 10.0. The number of hydrogen-bond donors (Lipinski definition) is 2. The number of hydrogen-bond acceptors (Lipinski definition) is 3. The van der Waals surface area contributed by atoms with Crippen molar-refractivity contribution in [2.75, 3.05) is 0 Å². The first-order chi connectivity index (χ1) is 12.6. The summed E-state index contributed by atoms with van der Waals surface area (Å²) in [7, 11) is 0. The minimum Gasteiger partial charge on any atom is -0.484 e. The Morgan fingerprint density at radius 2 is 1.59 bits per heavy atom. The second-order valence-electron chi connectivity index (χ2n) is 6.10. The maximum absolute atomic E-state index is 12.6. The van der Waals surface area contributed by atoms with Gasteiger partial charge in [0.25, 0.3) is 0 Å². The predicted molar refractivity (Wildman–Crippen MR) is 93.2 cm³/mol. The minimum atomic E-state index is -4.99. The number of primary amides is 1. The van der Waals surface area contributed by atoms with Crippen LogP contribution >= 0.6 is 0 Å². The van der Waals surface area contributed by atoms with E-state index in [0.29, 0.717) is 11.3 Å². The second-order valence-corrected chi connectivity index (χ2v) is 6.10. The highest BCUT2D eigenvalue weighted by atomic mass is 19.4. The van der Waals surface area contributed by atoms with E-state index < -0.39 is 30.1 Å². The van der Waals surface area contributed by atoms with Gasteiger partial charge in [0.15, 0.2) is 0 Å². The summed E-state index contributed by atoms with van der Waals surface area (Å²) in [6.45, 7) is 3.29. The van der Waals surface area contributed by atoms with Gasteiger partial charge in [-0.25, -0.2) is 0 Å². The molecule has 144 valence electrons. The molecule has 2 rings (SSSR count). The number of halogens is 3. The van der Waals surface area contributed by atoms with Crippen LogP contribution in [0.5, 0.6) is 5.75 Å². The molecule has 0 saturated carbocycles. The lowest BCUT2D eigenvalue weighted by Crippen LogP contribution is -2.45. The molecule has 0 aliphatic carbocycles. The summed E-state index contributed by atoms with van der Waals surface area (Å²) in [6, 6.07) is 11.9. The molecule has 2 aromatic carbocycles. The Kier molecular flexibility index (Phi) is 6.09. The fourth-order valence-corrected chi connectivity index (χ4v) is 2.42. The fraction of sp³-hybridized carbons (Fsp3) is 0.263. The highest BCUT2D eigenvalue weighted by Crippen LogP contribution is 2.26. The van der Waals surface area contributed by atoms with Crippen LogP contribution in [0.4, 0.5) is 13.2 Å². The van der Waals surface area contributed by atoms with E-state index in [1.54, 1.807) is 24.3 Å². The van der Waals surface area contributed by atoms with Gasteiger partial charge in [-0.3, -0.25) is 9.59 Å². The first-order valence-corrected chi connectivity index (χ1v) is 8.08. The van der Waals surface area contributed by atoms with Crippen molar-refractivity contribution in [1.82, 2.24) is 5.32 Å². The van der Waals surface area contributed by atoms with Gasteiger partial charge in [-0.2, -0.15) is 13.2 Å². The molecule has 0 fully saturated rings. The van der Waals surface area contributed by atoms with E-state index in [9.17, 15) is 22.8 Å². The number of ether oxygens (including phenoxy) is 1. The maximum Gasteiger partial charge on any atom is 0.471 e. The van der Waals surface area contributed by atoms with E-state index in [0.717, 1.165) is 5.56 Å². The van der Waals surface area contributed by atoms with E-state index in [-0.39, 0.29) is 5.56 Å². The van der Waals surface area contributed by atoms with Crippen molar-refractivity contribution < 1.29 is 27.5 Å². The molecule has 2 aromatic rings. The Morgan fingerprint density at radius 1 is 1.04 bits per heavy atom. The summed E-state index contributed by atoms with van der Waals surface area (Å²) in [5.74, 6) is -2.33. The van der Waals surface area contributed by atoms with E-state index in [1.165, 1.54) is 31.2 Å². The van der Waals surface area contributed by atoms with Gasteiger partial charge >= 0.3 is 12.1 Å². The molecule has 3 N–H and O–H groups in total. The molecule has 0 aromatic heterocycles. The Morgan fingerprint density at radius 3 is 2.07 bits per heavy atom. The Balaban J connectivity index is 2.27. The van der Waals surface area contributed by atoms with Gasteiger partial charge in [0.05, 0.1) is 6.04 Å². The van der Waals surface area contributed by atoms with Crippen LogP contribution in [0.25, 0.3) is 0 Å². The van der Waals surface area contributed by atoms with Crippen molar-refractivity contribution in [3.63, 3.8) is 0 Å². The molecule has 5 nitrogen and oxygen atoms in total. The summed E-state index contributed by atoms with van der Waals surface area (Å²) >= 11 is 0. The number of aryl methyl sites for hydroxylation is 1. The first kappa shape index (κ1) is 20.3. The molecule has 0 aliphatic heterocycles. The van der Waals surface area contributed by atoms with Gasteiger partial charge in [0.1, 0.15) is 11.9 Å². The van der Waals surface area contributed by atoms with Crippen LogP contribution in [-0.2, 0) is 4.79 Å². The molecule has 1 unspecified atom stereocenters. The van der Waals surface area contributed by atoms with Crippen LogP contribution < -0.4 is 15.8 Å². The largest absolute Gasteiger partial charge is 0.484 e. The average molecular weight is 380 g/mol. The van der Waals surface area contributed by atoms with Crippen molar-refractivity contribution in [2.24, 2.45) is 5.73 Å².